The third-order valence-electron chi connectivity index (χ3n) is 2.72. The highest BCUT2D eigenvalue weighted by atomic mass is 35.5. The van der Waals surface area contributed by atoms with Gasteiger partial charge < -0.3 is 28.1 Å². The summed E-state index contributed by atoms with van der Waals surface area (Å²) in [7, 11) is 0. The standard InChI is InChI=1S/C15H15N3O3.ClH/c1-11(19)16-12-6-5-7-13(20)15(12)17-14(21)10-18-8-3-2-4-9-18;/h2-9H,10H2,1H3,(H2-,16,17,19,20,21);1H. The van der Waals surface area contributed by atoms with Crippen molar-refractivity contribution in [2.45, 2.75) is 13.5 Å². The molecule has 0 fully saturated rings. The first-order valence-corrected chi connectivity index (χ1v) is 6.40. The second kappa shape index (κ2) is 7.99. The van der Waals surface area contributed by atoms with Gasteiger partial charge in [0.1, 0.15) is 11.4 Å². The minimum absolute atomic E-state index is 0. The Morgan fingerprint density at radius 3 is 2.41 bits per heavy atom. The van der Waals surface area contributed by atoms with Crippen LogP contribution in [-0.4, -0.2) is 16.9 Å². The van der Waals surface area contributed by atoms with E-state index in [4.69, 9.17) is 0 Å². The van der Waals surface area contributed by atoms with Gasteiger partial charge >= 0.3 is 0 Å². The Hall–Kier alpha value is -2.60. The second-order valence-corrected chi connectivity index (χ2v) is 4.48. The summed E-state index contributed by atoms with van der Waals surface area (Å²) in [5.74, 6) is -0.694. The minimum atomic E-state index is -0.306. The summed E-state index contributed by atoms with van der Waals surface area (Å²) in [6.45, 7) is 1.46. The molecule has 1 heterocycles. The molecule has 0 aliphatic heterocycles. The largest absolute Gasteiger partial charge is 1.00 e. The lowest BCUT2D eigenvalue weighted by atomic mass is 10.2. The van der Waals surface area contributed by atoms with Crippen molar-refractivity contribution in [3.63, 3.8) is 0 Å². The van der Waals surface area contributed by atoms with Gasteiger partial charge in [-0.3, -0.25) is 9.59 Å². The number of nitrogens with one attached hydrogen (secondary N) is 2. The van der Waals surface area contributed by atoms with Crippen LogP contribution in [0, 0.1) is 0 Å². The molecule has 2 amide bonds. The van der Waals surface area contributed by atoms with Crippen LogP contribution in [0.15, 0.2) is 48.8 Å². The number of halogens is 1. The van der Waals surface area contributed by atoms with Gasteiger partial charge in [-0.05, 0) is 12.1 Å². The normalized spacial score (nSPS) is 9.50. The Morgan fingerprint density at radius 2 is 1.77 bits per heavy atom. The molecule has 2 aromatic rings. The predicted octanol–water partition coefficient (Wildman–Crippen LogP) is -1.72. The molecule has 0 saturated carbocycles. The van der Waals surface area contributed by atoms with E-state index in [0.29, 0.717) is 5.69 Å². The van der Waals surface area contributed by atoms with Crippen molar-refractivity contribution in [1.29, 1.82) is 0 Å². The van der Waals surface area contributed by atoms with E-state index in [1.54, 1.807) is 29.1 Å². The fourth-order valence-electron chi connectivity index (χ4n) is 1.85. The number of amides is 2. The van der Waals surface area contributed by atoms with Crippen molar-refractivity contribution >= 4 is 23.2 Å². The summed E-state index contributed by atoms with van der Waals surface area (Å²) in [6.07, 6.45) is 3.53. The van der Waals surface area contributed by atoms with Crippen LogP contribution in [0.4, 0.5) is 11.4 Å². The molecule has 3 N–H and O–H groups in total. The zero-order valence-electron chi connectivity index (χ0n) is 11.9. The zero-order valence-corrected chi connectivity index (χ0v) is 12.7. The fourth-order valence-corrected chi connectivity index (χ4v) is 1.85. The number of nitrogens with zero attached hydrogens (tertiary/aromatic N) is 1. The monoisotopic (exact) mass is 321 g/mol. The number of rotatable bonds is 4. The third-order valence-corrected chi connectivity index (χ3v) is 2.72. The Balaban J connectivity index is 0.00000242. The van der Waals surface area contributed by atoms with Gasteiger partial charge in [-0.25, -0.2) is 0 Å². The number of carbonyl (C=O) groups is 2. The van der Waals surface area contributed by atoms with Gasteiger partial charge in [0.05, 0.1) is 5.69 Å². The molecule has 0 unspecified atom stereocenters. The fraction of sp³-hybridized carbons (Fsp3) is 0.133. The van der Waals surface area contributed by atoms with E-state index in [2.05, 4.69) is 10.6 Å². The van der Waals surface area contributed by atoms with Crippen molar-refractivity contribution < 1.29 is 31.7 Å². The number of aromatic nitrogens is 1. The van der Waals surface area contributed by atoms with Gasteiger partial charge in [0, 0.05) is 19.1 Å². The quantitative estimate of drug-likeness (QED) is 0.463. The first kappa shape index (κ1) is 17.5. The average Bonchev–Trinajstić information content (AvgIpc) is 2.43. The third kappa shape index (κ3) is 4.75. The second-order valence-electron chi connectivity index (χ2n) is 4.48. The molecule has 2 rings (SSSR count). The molecular weight excluding hydrogens is 306 g/mol. The summed E-state index contributed by atoms with van der Waals surface area (Å²) in [5.41, 5.74) is 0.545. The highest BCUT2D eigenvalue weighted by Gasteiger charge is 2.15. The van der Waals surface area contributed by atoms with E-state index in [1.807, 2.05) is 18.2 Å². The van der Waals surface area contributed by atoms with Gasteiger partial charge in [-0.2, -0.15) is 4.57 Å². The Bertz CT molecular complexity index is 662. The molecule has 0 spiro atoms. The maximum Gasteiger partial charge on any atom is 0.290 e. The van der Waals surface area contributed by atoms with E-state index in [1.165, 1.54) is 13.0 Å². The molecule has 0 bridgehead atoms. The minimum Gasteiger partial charge on any atom is -1.00 e. The van der Waals surface area contributed by atoms with Crippen LogP contribution >= 0.6 is 0 Å². The van der Waals surface area contributed by atoms with Crippen LogP contribution in [0.2, 0.25) is 0 Å². The number of para-hydroxylation sites is 1. The van der Waals surface area contributed by atoms with E-state index in [0.717, 1.165) is 0 Å². The van der Waals surface area contributed by atoms with Crippen LogP contribution in [-0.2, 0) is 16.1 Å². The summed E-state index contributed by atoms with van der Waals surface area (Å²) in [6, 6.07) is 10.1. The molecule has 6 nitrogen and oxygen atoms in total. The van der Waals surface area contributed by atoms with Gasteiger partial charge in [0.25, 0.3) is 5.91 Å². The first-order chi connectivity index (χ1) is 10.1. The molecule has 116 valence electrons. The topological polar surface area (TPSA) is 82.3 Å². The van der Waals surface area contributed by atoms with Crippen molar-refractivity contribution in [2.24, 2.45) is 0 Å². The van der Waals surface area contributed by atoms with Crippen LogP contribution in [0.3, 0.4) is 0 Å². The molecule has 7 heteroatoms. The zero-order chi connectivity index (χ0) is 15.2. The predicted molar refractivity (Wildman–Crippen MR) is 77.7 cm³/mol. The first-order valence-electron chi connectivity index (χ1n) is 6.40. The molecule has 1 aromatic carbocycles. The highest BCUT2D eigenvalue weighted by molar-refractivity contribution is 6.00. The van der Waals surface area contributed by atoms with Crippen LogP contribution in [0.1, 0.15) is 6.92 Å². The van der Waals surface area contributed by atoms with Crippen LogP contribution in [0.25, 0.3) is 0 Å². The maximum absolute atomic E-state index is 12.0. The average molecular weight is 322 g/mol. The van der Waals surface area contributed by atoms with Gasteiger partial charge in [-0.1, -0.05) is 12.1 Å². The van der Waals surface area contributed by atoms with E-state index >= 15 is 0 Å². The SMILES string of the molecule is CC(=O)Nc1cccc(O)c1NC(=O)C[n+]1ccccc1.[Cl-]. The number of anilines is 2. The maximum atomic E-state index is 12.0. The van der Waals surface area contributed by atoms with Gasteiger partial charge in [0.2, 0.25) is 12.5 Å². The smallest absolute Gasteiger partial charge is 0.290 e. The van der Waals surface area contributed by atoms with Gasteiger partial charge in [0.15, 0.2) is 12.4 Å². The van der Waals surface area contributed by atoms with Crippen molar-refractivity contribution in [3.05, 3.63) is 48.8 Å². The summed E-state index contributed by atoms with van der Waals surface area (Å²) in [4.78, 5) is 23.2. The highest BCUT2D eigenvalue weighted by Crippen LogP contribution is 2.31. The lowest BCUT2D eigenvalue weighted by Crippen LogP contribution is -3.00. The molecule has 0 radical (unpaired) electrons. The number of pyridine rings is 1. The molecule has 22 heavy (non-hydrogen) atoms. The Kier molecular flexibility index (Phi) is 6.34. The Morgan fingerprint density at radius 1 is 1.09 bits per heavy atom. The molecule has 0 aliphatic rings. The lowest BCUT2D eigenvalue weighted by Gasteiger charge is -2.12. The molecule has 1 aromatic heterocycles. The van der Waals surface area contributed by atoms with Crippen molar-refractivity contribution in [3.8, 4) is 5.75 Å². The molecule has 0 saturated heterocycles. The van der Waals surface area contributed by atoms with Crippen molar-refractivity contribution in [1.82, 2.24) is 0 Å². The van der Waals surface area contributed by atoms with Crippen LogP contribution < -0.4 is 27.6 Å². The number of phenols is 1. The summed E-state index contributed by atoms with van der Waals surface area (Å²) >= 11 is 0. The number of aromatic hydroxyl groups is 1. The number of hydrogen-bond acceptors (Lipinski definition) is 3. The summed E-state index contributed by atoms with van der Waals surface area (Å²) < 4.78 is 1.70. The Labute approximate surface area is 134 Å². The number of hydrogen-bond donors (Lipinski definition) is 3. The van der Waals surface area contributed by atoms with E-state index in [9.17, 15) is 14.7 Å². The lowest BCUT2D eigenvalue weighted by molar-refractivity contribution is -0.684. The van der Waals surface area contributed by atoms with Crippen LogP contribution in [0.5, 0.6) is 5.75 Å². The number of phenolic OH excluding ortho intramolecular Hbond substituents is 1. The molecule has 0 aliphatic carbocycles. The van der Waals surface area contributed by atoms with Crippen molar-refractivity contribution in [2.75, 3.05) is 10.6 Å². The molecular formula is C15H16ClN3O3. The number of benzene rings is 1. The molecule has 0 atom stereocenters. The number of carbonyl (C=O) groups excluding carboxylic acids is 2. The van der Waals surface area contributed by atoms with Gasteiger partial charge in [-0.15, -0.1) is 0 Å². The van der Waals surface area contributed by atoms with E-state index < -0.39 is 0 Å². The van der Waals surface area contributed by atoms with E-state index in [-0.39, 0.29) is 42.2 Å². The summed E-state index contributed by atoms with van der Waals surface area (Å²) in [5, 5.41) is 15.0.